The predicted molar refractivity (Wildman–Crippen MR) is 73.2 cm³/mol. The third kappa shape index (κ3) is 3.95. The molecule has 0 amide bonds. The summed E-state index contributed by atoms with van der Waals surface area (Å²) in [6.45, 7) is 5.63. The number of hydrogen-bond donors (Lipinski definition) is 2. The molecule has 0 aliphatic heterocycles. The summed E-state index contributed by atoms with van der Waals surface area (Å²) >= 11 is 0. The number of nitrogens with two attached hydrogens (primary N) is 1. The predicted octanol–water partition coefficient (Wildman–Crippen LogP) is 2.44. The molecular formula is C13H20ClNO2. The molecule has 1 rings (SSSR count). The number of methoxy groups -OCH3 is 1. The monoisotopic (exact) mass is 257 g/mol. The van der Waals surface area contributed by atoms with Crippen molar-refractivity contribution in [2.45, 2.75) is 25.8 Å². The number of halogens is 1. The van der Waals surface area contributed by atoms with E-state index >= 15 is 0 Å². The van der Waals surface area contributed by atoms with Gasteiger partial charge in [-0.3, -0.25) is 0 Å². The highest BCUT2D eigenvalue weighted by atomic mass is 35.5. The molecule has 4 heteroatoms. The van der Waals surface area contributed by atoms with Crippen molar-refractivity contribution < 1.29 is 9.84 Å². The fourth-order valence-corrected chi connectivity index (χ4v) is 1.73. The van der Waals surface area contributed by atoms with Crippen molar-refractivity contribution in [1.82, 2.24) is 0 Å². The van der Waals surface area contributed by atoms with Crippen LogP contribution in [0.2, 0.25) is 0 Å². The molecule has 0 heterocycles. The van der Waals surface area contributed by atoms with Gasteiger partial charge < -0.3 is 15.6 Å². The third-order valence-electron chi connectivity index (χ3n) is 2.45. The van der Waals surface area contributed by atoms with Crippen LogP contribution in [0, 0.1) is 0 Å². The van der Waals surface area contributed by atoms with E-state index in [1.165, 1.54) is 7.11 Å². The van der Waals surface area contributed by atoms with Gasteiger partial charge in [0, 0.05) is 11.6 Å². The van der Waals surface area contributed by atoms with Crippen molar-refractivity contribution in [3.8, 4) is 11.5 Å². The van der Waals surface area contributed by atoms with Crippen molar-refractivity contribution in [1.29, 1.82) is 0 Å². The number of ether oxygens (including phenoxy) is 1. The Labute approximate surface area is 109 Å². The SMILES string of the molecule is C=CCc1c(CC(C)N)ccc(OC)c1O.Cl. The zero-order valence-electron chi connectivity index (χ0n) is 10.3. The van der Waals surface area contributed by atoms with E-state index in [9.17, 15) is 5.11 Å². The average Bonchev–Trinajstić information content (AvgIpc) is 2.23. The molecule has 0 saturated heterocycles. The lowest BCUT2D eigenvalue weighted by Crippen LogP contribution is -2.18. The second-order valence-corrected chi connectivity index (χ2v) is 3.93. The molecule has 0 bridgehead atoms. The van der Waals surface area contributed by atoms with Crippen LogP contribution in [0.3, 0.4) is 0 Å². The number of phenolic OH excluding ortho intramolecular Hbond substituents is 1. The van der Waals surface area contributed by atoms with E-state index in [1.807, 2.05) is 13.0 Å². The molecule has 1 unspecified atom stereocenters. The van der Waals surface area contributed by atoms with Gasteiger partial charge in [-0.25, -0.2) is 0 Å². The Morgan fingerprint density at radius 3 is 2.65 bits per heavy atom. The summed E-state index contributed by atoms with van der Waals surface area (Å²) in [5, 5.41) is 10.0. The summed E-state index contributed by atoms with van der Waals surface area (Å²) in [7, 11) is 1.54. The molecule has 3 nitrogen and oxygen atoms in total. The number of allylic oxidation sites excluding steroid dienone is 1. The highest BCUT2D eigenvalue weighted by molar-refractivity contribution is 5.85. The molecule has 1 atom stereocenters. The van der Waals surface area contributed by atoms with Gasteiger partial charge >= 0.3 is 0 Å². The summed E-state index contributed by atoms with van der Waals surface area (Å²) in [6, 6.07) is 3.77. The van der Waals surface area contributed by atoms with Crippen molar-refractivity contribution in [3.05, 3.63) is 35.9 Å². The molecular weight excluding hydrogens is 238 g/mol. The van der Waals surface area contributed by atoms with E-state index in [4.69, 9.17) is 10.5 Å². The molecule has 1 aromatic carbocycles. The zero-order valence-corrected chi connectivity index (χ0v) is 11.1. The number of benzene rings is 1. The molecule has 0 spiro atoms. The van der Waals surface area contributed by atoms with Gasteiger partial charge in [0.05, 0.1) is 7.11 Å². The number of phenols is 1. The minimum atomic E-state index is 0. The Bertz CT molecular complexity index is 378. The largest absolute Gasteiger partial charge is 0.504 e. The Kier molecular flexibility index (Phi) is 6.69. The number of aromatic hydroxyl groups is 1. The van der Waals surface area contributed by atoms with Crippen LogP contribution in [-0.2, 0) is 12.8 Å². The molecule has 0 aliphatic rings. The van der Waals surface area contributed by atoms with Gasteiger partial charge in [0.25, 0.3) is 0 Å². The molecule has 0 aliphatic carbocycles. The van der Waals surface area contributed by atoms with Crippen LogP contribution >= 0.6 is 12.4 Å². The minimum absolute atomic E-state index is 0. The standard InChI is InChI=1S/C13H19NO2.ClH/c1-4-5-11-10(8-9(2)14)6-7-12(16-3)13(11)15;/h4,6-7,9,15H,1,5,8,14H2,2-3H3;1H. The first-order chi connectivity index (χ1) is 7.60. The lowest BCUT2D eigenvalue weighted by atomic mass is 9.97. The van der Waals surface area contributed by atoms with Gasteiger partial charge in [0.1, 0.15) is 0 Å². The van der Waals surface area contributed by atoms with Crippen molar-refractivity contribution >= 4 is 12.4 Å². The second-order valence-electron chi connectivity index (χ2n) is 3.93. The van der Waals surface area contributed by atoms with Crippen LogP contribution in [0.4, 0.5) is 0 Å². The Balaban J connectivity index is 0.00000256. The first-order valence-corrected chi connectivity index (χ1v) is 5.34. The first-order valence-electron chi connectivity index (χ1n) is 5.34. The van der Waals surface area contributed by atoms with Crippen LogP contribution in [0.15, 0.2) is 24.8 Å². The van der Waals surface area contributed by atoms with Gasteiger partial charge in [-0.05, 0) is 31.4 Å². The highest BCUT2D eigenvalue weighted by Gasteiger charge is 2.12. The molecule has 0 saturated carbocycles. The van der Waals surface area contributed by atoms with E-state index in [0.717, 1.165) is 17.5 Å². The number of hydrogen-bond acceptors (Lipinski definition) is 3. The maximum Gasteiger partial charge on any atom is 0.161 e. The van der Waals surface area contributed by atoms with Gasteiger partial charge in [-0.1, -0.05) is 12.1 Å². The summed E-state index contributed by atoms with van der Waals surface area (Å²) in [6.07, 6.45) is 3.12. The molecule has 0 fully saturated rings. The first kappa shape index (κ1) is 15.8. The van der Waals surface area contributed by atoms with E-state index in [-0.39, 0.29) is 24.2 Å². The molecule has 0 radical (unpaired) electrons. The summed E-state index contributed by atoms with van der Waals surface area (Å²) in [5.41, 5.74) is 7.67. The Morgan fingerprint density at radius 1 is 1.53 bits per heavy atom. The molecule has 17 heavy (non-hydrogen) atoms. The molecule has 3 N–H and O–H groups in total. The molecule has 96 valence electrons. The fourth-order valence-electron chi connectivity index (χ4n) is 1.73. The normalized spacial score (nSPS) is 11.5. The average molecular weight is 258 g/mol. The maximum absolute atomic E-state index is 10.0. The minimum Gasteiger partial charge on any atom is -0.504 e. The second kappa shape index (κ2) is 7.20. The number of rotatable bonds is 5. The van der Waals surface area contributed by atoms with Gasteiger partial charge in [-0.2, -0.15) is 0 Å². The van der Waals surface area contributed by atoms with Crippen LogP contribution in [0.25, 0.3) is 0 Å². The summed E-state index contributed by atoms with van der Waals surface area (Å²) in [5.74, 6) is 0.686. The van der Waals surface area contributed by atoms with Gasteiger partial charge in [0.2, 0.25) is 0 Å². The Hall–Kier alpha value is -1.19. The lowest BCUT2D eigenvalue weighted by molar-refractivity contribution is 0.370. The maximum atomic E-state index is 10.0. The fraction of sp³-hybridized carbons (Fsp3) is 0.385. The topological polar surface area (TPSA) is 55.5 Å². The molecule has 0 aromatic heterocycles. The van der Waals surface area contributed by atoms with Crippen molar-refractivity contribution in [2.24, 2.45) is 5.73 Å². The van der Waals surface area contributed by atoms with Crippen LogP contribution in [-0.4, -0.2) is 18.3 Å². The quantitative estimate of drug-likeness (QED) is 0.797. The zero-order chi connectivity index (χ0) is 12.1. The third-order valence-corrected chi connectivity index (χ3v) is 2.45. The van der Waals surface area contributed by atoms with Crippen LogP contribution < -0.4 is 10.5 Å². The van der Waals surface area contributed by atoms with E-state index in [2.05, 4.69) is 6.58 Å². The molecule has 1 aromatic rings. The lowest BCUT2D eigenvalue weighted by Gasteiger charge is -2.14. The van der Waals surface area contributed by atoms with Gasteiger partial charge in [-0.15, -0.1) is 19.0 Å². The van der Waals surface area contributed by atoms with Crippen LogP contribution in [0.1, 0.15) is 18.1 Å². The van der Waals surface area contributed by atoms with E-state index < -0.39 is 0 Å². The van der Waals surface area contributed by atoms with Gasteiger partial charge in [0.15, 0.2) is 11.5 Å². The van der Waals surface area contributed by atoms with E-state index in [0.29, 0.717) is 12.2 Å². The van der Waals surface area contributed by atoms with Crippen LogP contribution in [0.5, 0.6) is 11.5 Å². The van der Waals surface area contributed by atoms with Crippen molar-refractivity contribution in [3.63, 3.8) is 0 Å². The van der Waals surface area contributed by atoms with Crippen molar-refractivity contribution in [2.75, 3.05) is 7.11 Å². The summed E-state index contributed by atoms with van der Waals surface area (Å²) in [4.78, 5) is 0. The smallest absolute Gasteiger partial charge is 0.161 e. The summed E-state index contributed by atoms with van der Waals surface area (Å²) < 4.78 is 5.08. The Morgan fingerprint density at radius 2 is 2.18 bits per heavy atom. The van der Waals surface area contributed by atoms with E-state index in [1.54, 1.807) is 12.1 Å². The highest BCUT2D eigenvalue weighted by Crippen LogP contribution is 2.33.